The van der Waals surface area contributed by atoms with Gasteiger partial charge >= 0.3 is 5.97 Å². The molecule has 26 heavy (non-hydrogen) atoms. The number of fused-ring (bicyclic) bond motifs is 1. The van der Waals surface area contributed by atoms with Crippen LogP contribution in [0.25, 0.3) is 6.08 Å². The molecule has 140 valence electrons. The zero-order valence-corrected chi connectivity index (χ0v) is 16.3. The summed E-state index contributed by atoms with van der Waals surface area (Å²) in [6.07, 6.45) is 10.6. The van der Waals surface area contributed by atoms with Crippen molar-refractivity contribution in [2.75, 3.05) is 0 Å². The molecule has 4 heteroatoms. The average molecular weight is 356 g/mol. The van der Waals surface area contributed by atoms with Crippen molar-refractivity contribution in [3.8, 4) is 0 Å². The lowest BCUT2D eigenvalue weighted by Crippen LogP contribution is -2.53. The van der Waals surface area contributed by atoms with Gasteiger partial charge in [-0.15, -0.1) is 0 Å². The molecule has 3 rings (SSSR count). The number of furan rings is 1. The fraction of sp³-hybridized carbons (Fsp3) is 0.545. The molecule has 0 spiro atoms. The number of rotatable bonds is 3. The van der Waals surface area contributed by atoms with Gasteiger partial charge in [-0.2, -0.15) is 0 Å². The summed E-state index contributed by atoms with van der Waals surface area (Å²) in [6, 6.07) is 1.90. The van der Waals surface area contributed by atoms with Crippen molar-refractivity contribution in [1.29, 1.82) is 0 Å². The van der Waals surface area contributed by atoms with Crippen LogP contribution in [0.4, 0.5) is 0 Å². The van der Waals surface area contributed by atoms with Crippen LogP contribution in [0.5, 0.6) is 0 Å². The van der Waals surface area contributed by atoms with E-state index in [0.29, 0.717) is 0 Å². The average Bonchev–Trinajstić information content (AvgIpc) is 3.03. The van der Waals surface area contributed by atoms with Crippen molar-refractivity contribution in [3.63, 3.8) is 0 Å². The Labute approximate surface area is 155 Å². The monoisotopic (exact) mass is 356 g/mol. The van der Waals surface area contributed by atoms with E-state index in [1.807, 2.05) is 19.1 Å². The van der Waals surface area contributed by atoms with E-state index in [4.69, 9.17) is 9.15 Å². The molecule has 0 N–H and O–H groups in total. The van der Waals surface area contributed by atoms with Gasteiger partial charge in [-0.05, 0) is 42.2 Å². The zero-order chi connectivity index (χ0) is 19.1. The maximum absolute atomic E-state index is 13.3. The maximum Gasteiger partial charge on any atom is 0.308 e. The highest BCUT2D eigenvalue weighted by Crippen LogP contribution is 2.60. The summed E-state index contributed by atoms with van der Waals surface area (Å²) in [4.78, 5) is 24.9. The molecule has 0 aliphatic heterocycles. The van der Waals surface area contributed by atoms with Gasteiger partial charge in [0.15, 0.2) is 5.76 Å². The van der Waals surface area contributed by atoms with Gasteiger partial charge in [-0.25, -0.2) is 0 Å². The number of esters is 1. The van der Waals surface area contributed by atoms with E-state index in [0.717, 1.165) is 30.4 Å². The molecule has 0 amide bonds. The predicted molar refractivity (Wildman–Crippen MR) is 99.9 cm³/mol. The third kappa shape index (κ3) is 3.06. The number of ketones is 1. The van der Waals surface area contributed by atoms with E-state index in [1.165, 1.54) is 6.92 Å². The van der Waals surface area contributed by atoms with E-state index < -0.39 is 5.97 Å². The van der Waals surface area contributed by atoms with Crippen molar-refractivity contribution in [1.82, 2.24) is 0 Å². The first-order valence-electron chi connectivity index (χ1n) is 9.30. The summed E-state index contributed by atoms with van der Waals surface area (Å²) in [5, 5.41) is 0. The Balaban J connectivity index is 2.12. The van der Waals surface area contributed by atoms with Crippen molar-refractivity contribution >= 4 is 17.8 Å². The summed E-state index contributed by atoms with van der Waals surface area (Å²) >= 11 is 0. The van der Waals surface area contributed by atoms with Gasteiger partial charge in [0.1, 0.15) is 0 Å². The van der Waals surface area contributed by atoms with Crippen LogP contribution in [0.2, 0.25) is 0 Å². The normalized spacial score (nSPS) is 31.2. The second-order valence-electron chi connectivity index (χ2n) is 8.64. The first kappa shape index (κ1) is 18.7. The first-order valence-corrected chi connectivity index (χ1v) is 9.30. The molecular weight excluding hydrogens is 328 g/mol. The van der Waals surface area contributed by atoms with Gasteiger partial charge in [0.25, 0.3) is 0 Å². The number of hydrogen-bond donors (Lipinski definition) is 0. The Morgan fingerprint density at radius 2 is 2.04 bits per heavy atom. The molecule has 1 heterocycles. The summed E-state index contributed by atoms with van der Waals surface area (Å²) < 4.78 is 10.6. The Morgan fingerprint density at radius 3 is 2.65 bits per heavy atom. The van der Waals surface area contributed by atoms with E-state index in [9.17, 15) is 9.59 Å². The number of Topliss-reactive ketones (excluding diaryl/α,β-unsaturated/α-hetero) is 1. The lowest BCUT2D eigenvalue weighted by Gasteiger charge is -2.55. The molecule has 1 saturated carbocycles. The summed E-state index contributed by atoms with van der Waals surface area (Å²) in [5.41, 5.74) is 1.52. The van der Waals surface area contributed by atoms with Crippen LogP contribution in [-0.2, 0) is 14.3 Å². The second kappa shape index (κ2) is 6.57. The number of hydrogen-bond acceptors (Lipinski definition) is 4. The van der Waals surface area contributed by atoms with Crippen molar-refractivity contribution in [2.24, 2.45) is 22.7 Å². The lowest BCUT2D eigenvalue weighted by molar-refractivity contribution is -0.149. The highest BCUT2D eigenvalue weighted by Gasteiger charge is 2.57. The van der Waals surface area contributed by atoms with E-state index >= 15 is 0 Å². The van der Waals surface area contributed by atoms with Gasteiger partial charge in [-0.1, -0.05) is 39.3 Å². The summed E-state index contributed by atoms with van der Waals surface area (Å²) in [6.45, 7) is 9.81. The topological polar surface area (TPSA) is 56.5 Å². The largest absolute Gasteiger partial charge is 0.472 e. The summed E-state index contributed by atoms with van der Waals surface area (Å²) in [7, 11) is 0. The zero-order valence-electron chi connectivity index (χ0n) is 16.3. The van der Waals surface area contributed by atoms with Crippen LogP contribution >= 0.6 is 0 Å². The van der Waals surface area contributed by atoms with Gasteiger partial charge in [-0.3, -0.25) is 9.59 Å². The first-order chi connectivity index (χ1) is 12.2. The Kier molecular flexibility index (Phi) is 4.72. The van der Waals surface area contributed by atoms with Crippen molar-refractivity contribution in [3.05, 3.63) is 41.6 Å². The second-order valence-corrected chi connectivity index (χ2v) is 8.64. The standard InChI is InChI=1S/C22H28O4/c1-14-17(8-7-16-9-12-25-13-16)22(5)11-6-10-21(3,4)20(22)18(24)19(14)26-15(2)23/h7-9,12-13,17,20H,6,10-11H2,1-5H3/b8-7+/t17-,20-,22+/m0/s1. The number of carbonyl (C=O) groups excluding carboxylic acids is 2. The minimum Gasteiger partial charge on any atom is -0.472 e. The third-order valence-electron chi connectivity index (χ3n) is 6.27. The maximum atomic E-state index is 13.3. The quantitative estimate of drug-likeness (QED) is 0.702. The van der Waals surface area contributed by atoms with Gasteiger partial charge in [0.05, 0.1) is 12.5 Å². The smallest absolute Gasteiger partial charge is 0.308 e. The lowest BCUT2D eigenvalue weighted by atomic mass is 9.48. The van der Waals surface area contributed by atoms with Crippen molar-refractivity contribution < 1.29 is 18.7 Å². The van der Waals surface area contributed by atoms with Crippen LogP contribution in [-0.4, -0.2) is 11.8 Å². The van der Waals surface area contributed by atoms with Gasteiger partial charge in [0.2, 0.25) is 5.78 Å². The highest BCUT2D eigenvalue weighted by atomic mass is 16.5. The molecule has 1 aromatic rings. The Hall–Kier alpha value is -2.10. The molecule has 0 aromatic carbocycles. The van der Waals surface area contributed by atoms with Crippen LogP contribution in [0.15, 0.2) is 40.4 Å². The minimum absolute atomic E-state index is 0.0159. The molecule has 2 aliphatic rings. The van der Waals surface area contributed by atoms with Crippen molar-refractivity contribution in [2.45, 2.75) is 53.9 Å². The third-order valence-corrected chi connectivity index (χ3v) is 6.27. The molecule has 0 bridgehead atoms. The molecular formula is C22H28O4. The van der Waals surface area contributed by atoms with Crippen LogP contribution in [0.1, 0.15) is 59.4 Å². The van der Waals surface area contributed by atoms with Crippen LogP contribution < -0.4 is 0 Å². The van der Waals surface area contributed by atoms with E-state index in [2.05, 4.69) is 26.8 Å². The molecule has 3 atom stereocenters. The van der Waals surface area contributed by atoms with Crippen LogP contribution in [0.3, 0.4) is 0 Å². The van der Waals surface area contributed by atoms with E-state index in [1.54, 1.807) is 12.5 Å². The molecule has 1 aromatic heterocycles. The minimum atomic E-state index is -0.442. The molecule has 4 nitrogen and oxygen atoms in total. The molecule has 0 saturated heterocycles. The molecule has 2 aliphatic carbocycles. The Morgan fingerprint density at radius 1 is 1.31 bits per heavy atom. The fourth-order valence-corrected chi connectivity index (χ4v) is 5.27. The Bertz CT molecular complexity index is 766. The van der Waals surface area contributed by atoms with Gasteiger partial charge in [0, 0.05) is 24.3 Å². The van der Waals surface area contributed by atoms with Crippen LogP contribution in [0, 0.1) is 22.7 Å². The number of ether oxygens (including phenoxy) is 1. The number of allylic oxidation sites excluding steroid dienone is 3. The molecule has 1 fully saturated rings. The van der Waals surface area contributed by atoms with Gasteiger partial charge < -0.3 is 9.15 Å². The summed E-state index contributed by atoms with van der Waals surface area (Å²) in [5.74, 6) is -0.341. The van der Waals surface area contributed by atoms with E-state index in [-0.39, 0.29) is 34.2 Å². The molecule has 0 unspecified atom stereocenters. The SMILES string of the molecule is CC(=O)OC1=C(C)[C@H](/C=C/c2ccoc2)[C@@]2(C)CCCC(C)(C)[C@@H]2C1=O. The molecule has 0 radical (unpaired) electrons. The predicted octanol–water partition coefficient (Wildman–Crippen LogP) is 5.16. The fourth-order valence-electron chi connectivity index (χ4n) is 5.27. The number of carbonyl (C=O) groups is 2. The highest BCUT2D eigenvalue weighted by molar-refractivity contribution is 6.00.